The highest BCUT2D eigenvalue weighted by Crippen LogP contribution is 2.28. The zero-order chi connectivity index (χ0) is 13.8. The van der Waals surface area contributed by atoms with Crippen LogP contribution < -0.4 is 10.1 Å². The fourth-order valence-electron chi connectivity index (χ4n) is 1.91. The van der Waals surface area contributed by atoms with Gasteiger partial charge in [0.05, 0.1) is 12.3 Å². The zero-order valence-corrected chi connectivity index (χ0v) is 10.7. The quantitative estimate of drug-likeness (QED) is 0.828. The van der Waals surface area contributed by atoms with Crippen molar-refractivity contribution < 1.29 is 19.4 Å². The van der Waals surface area contributed by atoms with E-state index in [9.17, 15) is 9.59 Å². The van der Waals surface area contributed by atoms with Crippen LogP contribution in [0.15, 0.2) is 18.2 Å². The standard InChI is InChI=1S/C13H16N2O4/c1-2-15(5-6-16)13(18)9-3-4-10-11(7-9)19-8-12(17)14-10/h3-4,7,16H,2,5-6,8H2,1H3,(H,14,17). The van der Waals surface area contributed by atoms with Crippen molar-refractivity contribution in [3.8, 4) is 5.75 Å². The molecule has 1 aromatic rings. The van der Waals surface area contributed by atoms with Gasteiger partial charge in [-0.2, -0.15) is 0 Å². The van der Waals surface area contributed by atoms with E-state index in [0.717, 1.165) is 0 Å². The summed E-state index contributed by atoms with van der Waals surface area (Å²) in [5.74, 6) is 0.118. The van der Waals surface area contributed by atoms with Crippen LogP contribution in [-0.4, -0.2) is 48.1 Å². The van der Waals surface area contributed by atoms with Gasteiger partial charge in [0.1, 0.15) is 5.75 Å². The first-order valence-electron chi connectivity index (χ1n) is 6.12. The molecule has 0 atom stereocenters. The molecule has 0 unspecified atom stereocenters. The van der Waals surface area contributed by atoms with Crippen molar-refractivity contribution in [3.05, 3.63) is 23.8 Å². The molecule has 102 valence electrons. The van der Waals surface area contributed by atoms with Crippen molar-refractivity contribution in [1.82, 2.24) is 4.90 Å². The maximum absolute atomic E-state index is 12.2. The van der Waals surface area contributed by atoms with Crippen LogP contribution in [0.4, 0.5) is 5.69 Å². The number of aliphatic hydroxyl groups is 1. The minimum absolute atomic E-state index is 0.0429. The van der Waals surface area contributed by atoms with E-state index in [-0.39, 0.29) is 25.0 Å². The molecule has 6 nitrogen and oxygen atoms in total. The highest BCUT2D eigenvalue weighted by molar-refractivity contribution is 5.99. The van der Waals surface area contributed by atoms with Gasteiger partial charge in [-0.1, -0.05) is 0 Å². The lowest BCUT2D eigenvalue weighted by Crippen LogP contribution is -2.33. The van der Waals surface area contributed by atoms with Crippen molar-refractivity contribution in [2.24, 2.45) is 0 Å². The molecule has 1 heterocycles. The van der Waals surface area contributed by atoms with Crippen LogP contribution in [0.3, 0.4) is 0 Å². The van der Waals surface area contributed by atoms with Gasteiger partial charge >= 0.3 is 0 Å². The smallest absolute Gasteiger partial charge is 0.262 e. The van der Waals surface area contributed by atoms with Crippen LogP contribution in [0.5, 0.6) is 5.75 Å². The highest BCUT2D eigenvalue weighted by Gasteiger charge is 2.19. The zero-order valence-electron chi connectivity index (χ0n) is 10.7. The number of carbonyl (C=O) groups excluding carboxylic acids is 2. The molecule has 2 rings (SSSR count). The number of fused-ring (bicyclic) bond motifs is 1. The van der Waals surface area contributed by atoms with E-state index >= 15 is 0 Å². The number of rotatable bonds is 4. The molecule has 0 fully saturated rings. The Morgan fingerprint density at radius 3 is 3.00 bits per heavy atom. The average molecular weight is 264 g/mol. The highest BCUT2D eigenvalue weighted by atomic mass is 16.5. The lowest BCUT2D eigenvalue weighted by atomic mass is 10.1. The van der Waals surface area contributed by atoms with Gasteiger partial charge < -0.3 is 20.1 Å². The van der Waals surface area contributed by atoms with Gasteiger partial charge in [0.15, 0.2) is 6.61 Å². The molecule has 0 aliphatic carbocycles. The second kappa shape index (κ2) is 5.71. The number of aliphatic hydroxyl groups excluding tert-OH is 1. The molecular formula is C13H16N2O4. The predicted octanol–water partition coefficient (Wildman–Crippen LogP) is 0.472. The van der Waals surface area contributed by atoms with Gasteiger partial charge in [0, 0.05) is 18.7 Å². The largest absolute Gasteiger partial charge is 0.482 e. The number of hydrogen-bond donors (Lipinski definition) is 2. The van der Waals surface area contributed by atoms with Gasteiger partial charge in [-0.05, 0) is 25.1 Å². The Bertz CT molecular complexity index is 501. The van der Waals surface area contributed by atoms with E-state index in [1.54, 1.807) is 23.1 Å². The van der Waals surface area contributed by atoms with E-state index in [1.807, 2.05) is 6.92 Å². The van der Waals surface area contributed by atoms with Crippen LogP contribution in [-0.2, 0) is 4.79 Å². The van der Waals surface area contributed by atoms with Crippen LogP contribution in [0.2, 0.25) is 0 Å². The summed E-state index contributed by atoms with van der Waals surface area (Å²) in [4.78, 5) is 24.9. The Morgan fingerprint density at radius 1 is 1.53 bits per heavy atom. The van der Waals surface area contributed by atoms with Crippen molar-refractivity contribution in [1.29, 1.82) is 0 Å². The van der Waals surface area contributed by atoms with Gasteiger partial charge in [0.2, 0.25) is 0 Å². The Morgan fingerprint density at radius 2 is 2.32 bits per heavy atom. The van der Waals surface area contributed by atoms with Gasteiger partial charge in [0.25, 0.3) is 11.8 Å². The molecule has 1 aliphatic rings. The fraction of sp³-hybridized carbons (Fsp3) is 0.385. The van der Waals surface area contributed by atoms with E-state index in [0.29, 0.717) is 30.1 Å². The minimum Gasteiger partial charge on any atom is -0.482 e. The molecule has 0 spiro atoms. The number of ether oxygens (including phenoxy) is 1. The second-order valence-corrected chi connectivity index (χ2v) is 4.16. The second-order valence-electron chi connectivity index (χ2n) is 4.16. The van der Waals surface area contributed by atoms with Crippen molar-refractivity contribution in [2.75, 3.05) is 31.6 Å². The number of likely N-dealkylation sites (N-methyl/N-ethyl adjacent to an activating group) is 1. The maximum Gasteiger partial charge on any atom is 0.262 e. The summed E-state index contributed by atoms with van der Waals surface area (Å²) >= 11 is 0. The molecule has 6 heteroatoms. The number of anilines is 1. The van der Waals surface area contributed by atoms with Crippen molar-refractivity contribution >= 4 is 17.5 Å². The van der Waals surface area contributed by atoms with Crippen molar-refractivity contribution in [3.63, 3.8) is 0 Å². The molecule has 19 heavy (non-hydrogen) atoms. The Kier molecular flexibility index (Phi) is 4.01. The predicted molar refractivity (Wildman–Crippen MR) is 69.2 cm³/mol. The molecule has 1 aromatic carbocycles. The number of nitrogens with zero attached hydrogens (tertiary/aromatic N) is 1. The summed E-state index contributed by atoms with van der Waals surface area (Å²) in [5, 5.41) is 11.6. The maximum atomic E-state index is 12.2. The van der Waals surface area contributed by atoms with E-state index < -0.39 is 0 Å². The van der Waals surface area contributed by atoms with Crippen LogP contribution >= 0.6 is 0 Å². The summed E-state index contributed by atoms with van der Waals surface area (Å²) in [7, 11) is 0. The lowest BCUT2D eigenvalue weighted by molar-refractivity contribution is -0.118. The van der Waals surface area contributed by atoms with E-state index in [1.165, 1.54) is 0 Å². The summed E-state index contributed by atoms with van der Waals surface area (Å²) in [5.41, 5.74) is 1.04. The summed E-state index contributed by atoms with van der Waals surface area (Å²) in [6.07, 6.45) is 0. The topological polar surface area (TPSA) is 78.9 Å². The summed E-state index contributed by atoms with van der Waals surface area (Å²) in [6.45, 7) is 2.55. The molecule has 1 aliphatic heterocycles. The van der Waals surface area contributed by atoms with Crippen LogP contribution in [0.25, 0.3) is 0 Å². The monoisotopic (exact) mass is 264 g/mol. The first-order valence-corrected chi connectivity index (χ1v) is 6.12. The Balaban J connectivity index is 2.22. The third kappa shape index (κ3) is 2.85. The molecule has 0 radical (unpaired) electrons. The number of benzene rings is 1. The molecule has 0 bridgehead atoms. The average Bonchev–Trinajstić information content (AvgIpc) is 2.43. The third-order valence-electron chi connectivity index (χ3n) is 2.90. The summed E-state index contributed by atoms with van der Waals surface area (Å²) in [6, 6.07) is 4.89. The molecule has 0 saturated carbocycles. The molecule has 0 aromatic heterocycles. The normalized spacial score (nSPS) is 13.3. The number of hydrogen-bond acceptors (Lipinski definition) is 4. The number of carbonyl (C=O) groups is 2. The van der Waals surface area contributed by atoms with Gasteiger partial charge in [-0.3, -0.25) is 9.59 Å². The summed E-state index contributed by atoms with van der Waals surface area (Å²) < 4.78 is 5.27. The Labute approximate surface area is 111 Å². The first-order chi connectivity index (χ1) is 9.15. The van der Waals surface area contributed by atoms with Crippen LogP contribution in [0.1, 0.15) is 17.3 Å². The Hall–Kier alpha value is -2.08. The molecule has 0 saturated heterocycles. The SMILES string of the molecule is CCN(CCO)C(=O)c1ccc2c(c1)OCC(=O)N2. The molecular weight excluding hydrogens is 248 g/mol. The fourth-order valence-corrected chi connectivity index (χ4v) is 1.91. The molecule has 2 N–H and O–H groups in total. The minimum atomic E-state index is -0.206. The van der Waals surface area contributed by atoms with Gasteiger partial charge in [-0.15, -0.1) is 0 Å². The first kappa shape index (κ1) is 13.4. The number of amides is 2. The van der Waals surface area contributed by atoms with Gasteiger partial charge in [-0.25, -0.2) is 0 Å². The van der Waals surface area contributed by atoms with Crippen LogP contribution in [0, 0.1) is 0 Å². The number of nitrogens with one attached hydrogen (secondary N) is 1. The van der Waals surface area contributed by atoms with E-state index in [2.05, 4.69) is 5.32 Å². The third-order valence-corrected chi connectivity index (χ3v) is 2.90. The van der Waals surface area contributed by atoms with Crippen molar-refractivity contribution in [2.45, 2.75) is 6.92 Å². The lowest BCUT2D eigenvalue weighted by Gasteiger charge is -2.22. The van der Waals surface area contributed by atoms with E-state index in [4.69, 9.17) is 9.84 Å². The molecule has 2 amide bonds.